The van der Waals surface area contributed by atoms with Crippen LogP contribution in [0.5, 0.6) is 0 Å². The monoisotopic (exact) mass is 264 g/mol. The van der Waals surface area contributed by atoms with Gasteiger partial charge in [0.25, 0.3) is 0 Å². The third-order valence-corrected chi connectivity index (χ3v) is 4.43. The molecule has 2 fully saturated rings. The maximum Gasteiger partial charge on any atom is 0.156 e. The van der Waals surface area contributed by atoms with Gasteiger partial charge in [0, 0.05) is 5.41 Å². The molecule has 3 rings (SSSR count). The van der Waals surface area contributed by atoms with E-state index in [-0.39, 0.29) is 17.1 Å². The van der Waals surface area contributed by atoms with Crippen molar-refractivity contribution in [3.63, 3.8) is 0 Å². The van der Waals surface area contributed by atoms with Crippen LogP contribution in [0.25, 0.3) is 0 Å². The molecule has 19 heavy (non-hydrogen) atoms. The van der Waals surface area contributed by atoms with Crippen LogP contribution in [-0.4, -0.2) is 31.9 Å². The maximum absolute atomic E-state index is 6.33. The predicted octanol–water partition coefficient (Wildman–Crippen LogP) is 2.46. The molecular formula is C14H24N4O. The quantitative estimate of drug-likeness (QED) is 0.823. The summed E-state index contributed by atoms with van der Waals surface area (Å²) in [7, 11) is 0. The summed E-state index contributed by atoms with van der Waals surface area (Å²) < 4.78 is 8.26. The molecule has 106 valence electrons. The first-order chi connectivity index (χ1) is 8.99. The molecule has 1 atom stereocenters. The van der Waals surface area contributed by atoms with Crippen molar-refractivity contribution in [2.75, 3.05) is 0 Å². The smallest absolute Gasteiger partial charge is 0.156 e. The zero-order valence-corrected chi connectivity index (χ0v) is 12.2. The van der Waals surface area contributed by atoms with Gasteiger partial charge < -0.3 is 4.74 Å². The molecule has 1 aliphatic heterocycles. The molecule has 1 spiro atoms. The summed E-state index contributed by atoms with van der Waals surface area (Å²) in [5.41, 5.74) is 0.174. The van der Waals surface area contributed by atoms with Crippen LogP contribution in [0.3, 0.4) is 0 Å². The van der Waals surface area contributed by atoms with Crippen molar-refractivity contribution in [2.24, 2.45) is 0 Å². The maximum atomic E-state index is 6.33. The molecule has 5 heteroatoms. The minimum absolute atomic E-state index is 0.0207. The van der Waals surface area contributed by atoms with E-state index in [0.29, 0.717) is 0 Å². The van der Waals surface area contributed by atoms with Gasteiger partial charge in [0.15, 0.2) is 5.82 Å². The number of nitrogens with zero attached hydrogens (tertiary/aromatic N) is 4. The van der Waals surface area contributed by atoms with E-state index in [0.717, 1.165) is 18.8 Å². The van der Waals surface area contributed by atoms with Gasteiger partial charge in [0.2, 0.25) is 0 Å². The van der Waals surface area contributed by atoms with Gasteiger partial charge >= 0.3 is 0 Å². The number of hydrogen-bond acceptors (Lipinski definition) is 4. The fraction of sp³-hybridized carbons (Fsp3) is 0.929. The Balaban J connectivity index is 1.68. The van der Waals surface area contributed by atoms with Gasteiger partial charge in [-0.15, -0.1) is 5.10 Å². The number of aromatic nitrogens is 4. The second-order valence-corrected chi connectivity index (χ2v) is 7.10. The van der Waals surface area contributed by atoms with E-state index in [1.807, 2.05) is 4.68 Å². The van der Waals surface area contributed by atoms with Crippen molar-refractivity contribution in [1.29, 1.82) is 0 Å². The van der Waals surface area contributed by atoms with E-state index in [2.05, 4.69) is 36.3 Å². The first kappa shape index (κ1) is 13.0. The zero-order valence-electron chi connectivity index (χ0n) is 12.2. The Morgan fingerprint density at radius 3 is 2.68 bits per heavy atom. The minimum Gasteiger partial charge on any atom is -0.370 e. The lowest BCUT2D eigenvalue weighted by Gasteiger charge is -2.24. The average Bonchev–Trinajstić information content (AvgIpc) is 3.01. The first-order valence-corrected chi connectivity index (χ1v) is 7.43. The van der Waals surface area contributed by atoms with E-state index in [1.165, 1.54) is 32.1 Å². The minimum atomic E-state index is -0.0207. The van der Waals surface area contributed by atoms with Crippen molar-refractivity contribution in [2.45, 2.75) is 83.0 Å². The number of tetrazole rings is 1. The summed E-state index contributed by atoms with van der Waals surface area (Å²) >= 11 is 0. The summed E-state index contributed by atoms with van der Waals surface area (Å²) in [6, 6.07) is 0. The highest BCUT2D eigenvalue weighted by atomic mass is 16.5. The van der Waals surface area contributed by atoms with Gasteiger partial charge in [-0.1, -0.05) is 33.6 Å². The van der Waals surface area contributed by atoms with Crippen LogP contribution in [0.15, 0.2) is 0 Å². The van der Waals surface area contributed by atoms with E-state index < -0.39 is 0 Å². The van der Waals surface area contributed by atoms with Gasteiger partial charge in [0.1, 0.15) is 0 Å². The predicted molar refractivity (Wildman–Crippen MR) is 71.8 cm³/mol. The highest BCUT2D eigenvalue weighted by Crippen LogP contribution is 2.43. The van der Waals surface area contributed by atoms with Crippen LogP contribution >= 0.6 is 0 Å². The Morgan fingerprint density at radius 2 is 2.00 bits per heavy atom. The highest BCUT2D eigenvalue weighted by molar-refractivity contribution is 5.00. The lowest BCUT2D eigenvalue weighted by molar-refractivity contribution is -0.0435. The lowest BCUT2D eigenvalue weighted by atomic mass is 9.95. The third kappa shape index (κ3) is 2.53. The first-order valence-electron chi connectivity index (χ1n) is 7.43. The molecule has 1 unspecified atom stereocenters. The molecule has 2 heterocycles. The van der Waals surface area contributed by atoms with Crippen LogP contribution in [0.1, 0.15) is 65.1 Å². The van der Waals surface area contributed by atoms with Gasteiger partial charge in [-0.2, -0.15) is 0 Å². The molecule has 0 amide bonds. The van der Waals surface area contributed by atoms with E-state index in [1.54, 1.807) is 0 Å². The van der Waals surface area contributed by atoms with Crippen molar-refractivity contribution >= 4 is 0 Å². The van der Waals surface area contributed by atoms with Gasteiger partial charge in [-0.05, 0) is 36.1 Å². The third-order valence-electron chi connectivity index (χ3n) is 4.43. The lowest BCUT2D eigenvalue weighted by Crippen LogP contribution is -2.28. The molecule has 1 aromatic rings. The second-order valence-electron chi connectivity index (χ2n) is 7.10. The molecule has 0 radical (unpaired) electrons. The van der Waals surface area contributed by atoms with E-state index in [9.17, 15) is 0 Å². The standard InChI is InChI=1S/C14H24N4O/c1-13(2,3)12-15-16-17-18(12)10-11-6-9-14(19-11)7-4-5-8-14/h11H,4-10H2,1-3H3. The SMILES string of the molecule is CC(C)(C)c1nnnn1CC1CCC2(CCCC2)O1. The highest BCUT2D eigenvalue weighted by Gasteiger charge is 2.42. The van der Waals surface area contributed by atoms with Crippen molar-refractivity contribution in [3.8, 4) is 0 Å². The largest absolute Gasteiger partial charge is 0.370 e. The van der Waals surface area contributed by atoms with Gasteiger partial charge in [-0.3, -0.25) is 0 Å². The Hall–Kier alpha value is -0.970. The number of ether oxygens (including phenoxy) is 1. The average molecular weight is 264 g/mol. The van der Waals surface area contributed by atoms with Crippen LogP contribution in [0.2, 0.25) is 0 Å². The summed E-state index contributed by atoms with van der Waals surface area (Å²) in [5.74, 6) is 0.948. The van der Waals surface area contributed by atoms with E-state index in [4.69, 9.17) is 4.74 Å². The molecule has 0 N–H and O–H groups in total. The second kappa shape index (κ2) is 4.54. The topological polar surface area (TPSA) is 52.8 Å². The summed E-state index contributed by atoms with van der Waals surface area (Å²) in [5, 5.41) is 12.1. The van der Waals surface area contributed by atoms with E-state index >= 15 is 0 Å². The molecule has 0 bridgehead atoms. The summed E-state index contributed by atoms with van der Waals surface area (Å²) in [6.45, 7) is 7.22. The van der Waals surface area contributed by atoms with Crippen molar-refractivity contribution in [3.05, 3.63) is 5.82 Å². The molecule has 1 saturated carbocycles. The summed E-state index contributed by atoms with van der Waals surface area (Å²) in [4.78, 5) is 0. The Morgan fingerprint density at radius 1 is 1.26 bits per heavy atom. The van der Waals surface area contributed by atoms with Gasteiger partial charge in [0.05, 0.1) is 18.2 Å². The molecule has 5 nitrogen and oxygen atoms in total. The Kier molecular flexibility index (Phi) is 3.12. The normalized spacial score (nSPS) is 26.4. The number of rotatable bonds is 2. The molecular weight excluding hydrogens is 240 g/mol. The molecule has 1 aliphatic carbocycles. The Bertz CT molecular complexity index is 443. The molecule has 0 aromatic carbocycles. The van der Waals surface area contributed by atoms with Crippen LogP contribution in [0.4, 0.5) is 0 Å². The fourth-order valence-electron chi connectivity index (χ4n) is 3.47. The molecule has 1 aromatic heterocycles. The van der Waals surface area contributed by atoms with Crippen molar-refractivity contribution < 1.29 is 4.74 Å². The summed E-state index contributed by atoms with van der Waals surface area (Å²) in [6.07, 6.45) is 7.77. The molecule has 2 aliphatic rings. The molecule has 1 saturated heterocycles. The zero-order chi connectivity index (χ0) is 13.5. The Labute approximate surface area is 114 Å². The van der Waals surface area contributed by atoms with Gasteiger partial charge in [-0.25, -0.2) is 4.68 Å². The fourth-order valence-corrected chi connectivity index (χ4v) is 3.47. The van der Waals surface area contributed by atoms with Crippen LogP contribution in [0, 0.1) is 0 Å². The van der Waals surface area contributed by atoms with Crippen LogP contribution < -0.4 is 0 Å². The van der Waals surface area contributed by atoms with Crippen LogP contribution in [-0.2, 0) is 16.7 Å². The van der Waals surface area contributed by atoms with Crippen molar-refractivity contribution in [1.82, 2.24) is 20.2 Å². The number of hydrogen-bond donors (Lipinski definition) is 0.